The molecule has 1 saturated heterocycles. The van der Waals surface area contributed by atoms with Crippen molar-refractivity contribution in [1.82, 2.24) is 4.90 Å². The lowest BCUT2D eigenvalue weighted by Gasteiger charge is -2.18. The summed E-state index contributed by atoms with van der Waals surface area (Å²) in [5.41, 5.74) is 0.584. The molecule has 2 aromatic rings. The van der Waals surface area contributed by atoms with E-state index in [1.807, 2.05) is 0 Å². The molecule has 1 atom stereocenters. The molecule has 1 fully saturated rings. The molecule has 10 heteroatoms. The lowest BCUT2D eigenvalue weighted by molar-refractivity contribution is -0.142. The fraction of sp³-hybridized carbons (Fsp3) is 0.300. The first kappa shape index (κ1) is 21.6. The van der Waals surface area contributed by atoms with Gasteiger partial charge in [0, 0.05) is 19.0 Å². The largest absolute Gasteiger partial charge is 0.482 e. The predicted octanol–water partition coefficient (Wildman–Crippen LogP) is 2.68. The topological polar surface area (TPSA) is 110 Å². The van der Waals surface area contributed by atoms with E-state index in [0.29, 0.717) is 18.5 Å². The van der Waals surface area contributed by atoms with Crippen molar-refractivity contribution >= 4 is 21.9 Å². The van der Waals surface area contributed by atoms with Gasteiger partial charge in [-0.15, -0.1) is 0 Å². The Kier molecular flexibility index (Phi) is 6.25. The number of carbonyl (C=O) groups is 2. The van der Waals surface area contributed by atoms with Crippen molar-refractivity contribution in [3.63, 3.8) is 0 Å². The molecule has 1 amide bonds. The van der Waals surface area contributed by atoms with Crippen molar-refractivity contribution in [2.75, 3.05) is 26.8 Å². The number of carbonyl (C=O) groups excluding carboxylic acids is 1. The number of methoxy groups -OCH3 is 1. The second kappa shape index (κ2) is 8.70. The van der Waals surface area contributed by atoms with Gasteiger partial charge in [-0.1, -0.05) is 12.1 Å². The molecule has 1 unspecified atom stereocenters. The highest BCUT2D eigenvalue weighted by atomic mass is 32.2. The van der Waals surface area contributed by atoms with Crippen molar-refractivity contribution in [1.29, 1.82) is 0 Å². The molecular weight excluding hydrogens is 417 g/mol. The van der Waals surface area contributed by atoms with Crippen LogP contribution in [-0.4, -0.2) is 57.3 Å². The van der Waals surface area contributed by atoms with Crippen LogP contribution in [0.1, 0.15) is 17.9 Å². The van der Waals surface area contributed by atoms with Gasteiger partial charge in [0.2, 0.25) is 9.84 Å². The Morgan fingerprint density at radius 1 is 1.20 bits per heavy atom. The molecule has 0 aliphatic carbocycles. The minimum Gasteiger partial charge on any atom is -0.482 e. The molecule has 0 saturated carbocycles. The highest BCUT2D eigenvalue weighted by Crippen LogP contribution is 2.36. The van der Waals surface area contributed by atoms with Gasteiger partial charge in [0.1, 0.15) is 11.6 Å². The maximum atomic E-state index is 13.5. The number of carboxylic acid groups (broad SMARTS) is 1. The zero-order valence-electron chi connectivity index (χ0n) is 16.1. The molecule has 1 N–H and O–H groups in total. The molecule has 0 aromatic heterocycles. The van der Waals surface area contributed by atoms with Crippen LogP contribution in [0.15, 0.2) is 52.3 Å². The lowest BCUT2D eigenvalue weighted by Crippen LogP contribution is -2.26. The van der Waals surface area contributed by atoms with Crippen molar-refractivity contribution in [2.24, 2.45) is 0 Å². The normalized spacial score (nSPS) is 16.3. The first-order chi connectivity index (χ1) is 14.2. The number of likely N-dealkylation sites (tertiary alicyclic amines) is 1. The number of sulfone groups is 1. The SMILES string of the molecule is COC(=O)COc1cc(S(=O)(=O)c2cccc(F)c2)ccc1C1CCN(C(=O)O)C1. The highest BCUT2D eigenvalue weighted by Gasteiger charge is 2.30. The summed E-state index contributed by atoms with van der Waals surface area (Å²) >= 11 is 0. The third-order valence-electron chi connectivity index (χ3n) is 4.87. The number of hydrogen-bond acceptors (Lipinski definition) is 6. The summed E-state index contributed by atoms with van der Waals surface area (Å²) in [6.45, 7) is 0.113. The number of amides is 1. The Balaban J connectivity index is 1.99. The number of esters is 1. The van der Waals surface area contributed by atoms with Crippen LogP contribution in [0.25, 0.3) is 0 Å². The summed E-state index contributed by atoms with van der Waals surface area (Å²) in [6.07, 6.45) is -0.517. The highest BCUT2D eigenvalue weighted by molar-refractivity contribution is 7.91. The quantitative estimate of drug-likeness (QED) is 0.692. The molecule has 3 rings (SSSR count). The van der Waals surface area contributed by atoms with E-state index in [2.05, 4.69) is 4.74 Å². The van der Waals surface area contributed by atoms with Gasteiger partial charge < -0.3 is 19.5 Å². The standard InChI is InChI=1S/C20H20FNO7S/c1-28-19(23)12-29-18-10-16(30(26,27)15-4-2-3-14(21)9-15)5-6-17(18)13-7-8-22(11-13)20(24)25/h2-6,9-10,13H,7-8,11-12H2,1H3,(H,24,25). The lowest BCUT2D eigenvalue weighted by atomic mass is 9.97. The molecular formula is C20H20FNO7S. The Morgan fingerprint density at radius 2 is 1.93 bits per heavy atom. The van der Waals surface area contributed by atoms with Gasteiger partial charge in [-0.3, -0.25) is 0 Å². The van der Waals surface area contributed by atoms with Crippen LogP contribution in [0.4, 0.5) is 9.18 Å². The van der Waals surface area contributed by atoms with Crippen molar-refractivity contribution in [2.45, 2.75) is 22.1 Å². The fourth-order valence-electron chi connectivity index (χ4n) is 3.30. The van der Waals surface area contributed by atoms with Gasteiger partial charge in [0.05, 0.1) is 16.9 Å². The molecule has 0 radical (unpaired) electrons. The molecule has 0 bridgehead atoms. The summed E-state index contributed by atoms with van der Waals surface area (Å²) in [4.78, 5) is 23.6. The van der Waals surface area contributed by atoms with Gasteiger partial charge in [-0.2, -0.15) is 0 Å². The fourth-order valence-corrected chi connectivity index (χ4v) is 4.60. The average molecular weight is 437 g/mol. The zero-order valence-corrected chi connectivity index (χ0v) is 16.9. The number of benzene rings is 2. The van der Waals surface area contributed by atoms with Crippen LogP contribution < -0.4 is 4.74 Å². The maximum absolute atomic E-state index is 13.5. The minimum absolute atomic E-state index is 0.134. The van der Waals surface area contributed by atoms with E-state index in [1.165, 1.54) is 42.3 Å². The van der Waals surface area contributed by atoms with Crippen molar-refractivity contribution in [3.05, 3.63) is 53.8 Å². The second-order valence-electron chi connectivity index (χ2n) is 6.74. The summed E-state index contributed by atoms with van der Waals surface area (Å²) in [6, 6.07) is 8.80. The van der Waals surface area contributed by atoms with Crippen molar-refractivity contribution in [3.8, 4) is 5.75 Å². The second-order valence-corrected chi connectivity index (χ2v) is 8.69. The summed E-state index contributed by atoms with van der Waals surface area (Å²) in [7, 11) is -2.84. The number of ether oxygens (including phenoxy) is 2. The monoisotopic (exact) mass is 437 g/mol. The van der Waals surface area contributed by atoms with Crippen LogP contribution in [0, 0.1) is 5.82 Å². The summed E-state index contributed by atoms with van der Waals surface area (Å²) in [5.74, 6) is -1.43. The molecule has 160 valence electrons. The Morgan fingerprint density at radius 3 is 2.57 bits per heavy atom. The van der Waals surface area contributed by atoms with Gasteiger partial charge >= 0.3 is 12.1 Å². The predicted molar refractivity (Wildman–Crippen MR) is 103 cm³/mol. The molecule has 1 aliphatic heterocycles. The van der Waals surface area contributed by atoms with E-state index in [9.17, 15) is 27.5 Å². The average Bonchev–Trinajstić information content (AvgIpc) is 3.22. The molecule has 30 heavy (non-hydrogen) atoms. The van der Waals surface area contributed by atoms with E-state index >= 15 is 0 Å². The molecule has 8 nitrogen and oxygen atoms in total. The third-order valence-corrected chi connectivity index (χ3v) is 6.62. The smallest absolute Gasteiger partial charge is 0.407 e. The molecule has 0 spiro atoms. The number of nitrogens with zero attached hydrogens (tertiary/aromatic N) is 1. The first-order valence-electron chi connectivity index (χ1n) is 9.04. The van der Waals surface area contributed by atoms with Crippen LogP contribution in [0.3, 0.4) is 0 Å². The Labute approximate surface area is 172 Å². The van der Waals surface area contributed by atoms with E-state index in [4.69, 9.17) is 4.74 Å². The first-order valence-corrected chi connectivity index (χ1v) is 10.5. The van der Waals surface area contributed by atoms with Crippen LogP contribution in [-0.2, 0) is 19.4 Å². The molecule has 2 aromatic carbocycles. The Hall–Kier alpha value is -3.14. The van der Waals surface area contributed by atoms with Crippen LogP contribution in [0.2, 0.25) is 0 Å². The van der Waals surface area contributed by atoms with E-state index in [-0.39, 0.29) is 28.0 Å². The van der Waals surface area contributed by atoms with Gasteiger partial charge in [0.25, 0.3) is 0 Å². The van der Waals surface area contributed by atoms with Gasteiger partial charge in [-0.05, 0) is 42.3 Å². The molecule has 1 heterocycles. The van der Waals surface area contributed by atoms with Crippen LogP contribution >= 0.6 is 0 Å². The number of hydrogen-bond donors (Lipinski definition) is 1. The van der Waals surface area contributed by atoms with Gasteiger partial charge in [-0.25, -0.2) is 22.4 Å². The van der Waals surface area contributed by atoms with E-state index in [1.54, 1.807) is 0 Å². The number of rotatable bonds is 6. The van der Waals surface area contributed by atoms with Gasteiger partial charge in [0.15, 0.2) is 6.61 Å². The third kappa shape index (κ3) is 4.54. The van der Waals surface area contributed by atoms with Crippen molar-refractivity contribution < 1.29 is 37.0 Å². The zero-order chi connectivity index (χ0) is 21.9. The minimum atomic E-state index is -4.03. The van der Waals surface area contributed by atoms with Crippen LogP contribution in [0.5, 0.6) is 5.75 Å². The van der Waals surface area contributed by atoms with E-state index in [0.717, 1.165) is 12.1 Å². The summed E-state index contributed by atoms with van der Waals surface area (Å²) in [5, 5.41) is 9.18. The maximum Gasteiger partial charge on any atom is 0.407 e. The summed E-state index contributed by atoms with van der Waals surface area (Å²) < 4.78 is 49.4. The Bertz CT molecular complexity index is 1070. The van der Waals surface area contributed by atoms with E-state index < -0.39 is 34.3 Å². The number of halogens is 1. The molecule has 1 aliphatic rings.